The lowest BCUT2D eigenvalue weighted by Gasteiger charge is -2.11. The number of H-pyrrole nitrogens is 1. The number of carbonyl (C=O) groups is 2. The van der Waals surface area contributed by atoms with Crippen molar-refractivity contribution in [2.75, 3.05) is 0 Å². The van der Waals surface area contributed by atoms with Crippen molar-refractivity contribution in [3.05, 3.63) is 58.3 Å². The van der Waals surface area contributed by atoms with E-state index in [1.54, 1.807) is 49.5 Å². The Kier molecular flexibility index (Phi) is 4.16. The molecule has 1 heterocycles. The van der Waals surface area contributed by atoms with Crippen LogP contribution in [-0.2, 0) is 4.74 Å². The monoisotopic (exact) mass is 321 g/mol. The Morgan fingerprint density at radius 2 is 1.89 bits per heavy atom. The summed E-state index contributed by atoms with van der Waals surface area (Å²) >= 11 is 3.30. The minimum Gasteiger partial charge on any atom is -0.450 e. The second kappa shape index (κ2) is 5.84. The van der Waals surface area contributed by atoms with Gasteiger partial charge in [0.25, 0.3) is 0 Å². The van der Waals surface area contributed by atoms with Crippen molar-refractivity contribution in [2.24, 2.45) is 0 Å². The van der Waals surface area contributed by atoms with Gasteiger partial charge in [0.1, 0.15) is 5.69 Å². The quantitative estimate of drug-likeness (QED) is 0.695. The number of ketones is 1. The van der Waals surface area contributed by atoms with Gasteiger partial charge < -0.3 is 9.72 Å². The van der Waals surface area contributed by atoms with Crippen LogP contribution >= 0.6 is 15.9 Å². The second-order valence-electron chi connectivity index (χ2n) is 4.00. The standard InChI is InChI=1S/C14H12BrNO3/c1-9(19-14(18)12-3-2-8-16-12)13(17)10-4-6-11(15)7-5-10/h2-9,16H,1H3/t9-/m0/s1. The van der Waals surface area contributed by atoms with Gasteiger partial charge in [0.15, 0.2) is 6.10 Å². The predicted molar refractivity (Wildman–Crippen MR) is 74.1 cm³/mol. The van der Waals surface area contributed by atoms with Gasteiger partial charge in [0.05, 0.1) is 0 Å². The highest BCUT2D eigenvalue weighted by Gasteiger charge is 2.20. The molecule has 0 fully saturated rings. The van der Waals surface area contributed by atoms with Gasteiger partial charge in [0, 0.05) is 16.2 Å². The zero-order valence-corrected chi connectivity index (χ0v) is 11.8. The van der Waals surface area contributed by atoms with Gasteiger partial charge in [-0.3, -0.25) is 4.79 Å². The van der Waals surface area contributed by atoms with Gasteiger partial charge in [-0.2, -0.15) is 0 Å². The van der Waals surface area contributed by atoms with Gasteiger partial charge in [0.2, 0.25) is 5.78 Å². The molecule has 2 rings (SSSR count). The number of ether oxygens (including phenoxy) is 1. The lowest BCUT2D eigenvalue weighted by atomic mass is 10.1. The maximum atomic E-state index is 12.1. The topological polar surface area (TPSA) is 59.2 Å². The molecule has 0 aliphatic heterocycles. The van der Waals surface area contributed by atoms with E-state index >= 15 is 0 Å². The van der Waals surface area contributed by atoms with Crippen molar-refractivity contribution in [1.82, 2.24) is 4.98 Å². The second-order valence-corrected chi connectivity index (χ2v) is 4.92. The molecular weight excluding hydrogens is 310 g/mol. The van der Waals surface area contributed by atoms with Gasteiger partial charge in [-0.25, -0.2) is 4.79 Å². The van der Waals surface area contributed by atoms with Gasteiger partial charge >= 0.3 is 5.97 Å². The molecule has 2 aromatic rings. The fourth-order valence-electron chi connectivity index (χ4n) is 1.58. The molecule has 4 nitrogen and oxygen atoms in total. The van der Waals surface area contributed by atoms with E-state index in [1.807, 2.05) is 0 Å². The number of halogens is 1. The van der Waals surface area contributed by atoms with Crippen molar-refractivity contribution < 1.29 is 14.3 Å². The maximum Gasteiger partial charge on any atom is 0.355 e. The third kappa shape index (κ3) is 3.32. The van der Waals surface area contributed by atoms with E-state index in [4.69, 9.17) is 4.74 Å². The van der Waals surface area contributed by atoms with Crippen LogP contribution in [0.1, 0.15) is 27.8 Å². The lowest BCUT2D eigenvalue weighted by Crippen LogP contribution is -2.24. The normalized spacial score (nSPS) is 11.9. The zero-order valence-electron chi connectivity index (χ0n) is 10.2. The summed E-state index contributed by atoms with van der Waals surface area (Å²) in [5.41, 5.74) is 0.838. The first-order valence-electron chi connectivity index (χ1n) is 5.72. The highest BCUT2D eigenvalue weighted by molar-refractivity contribution is 9.10. The van der Waals surface area contributed by atoms with Crippen molar-refractivity contribution in [3.8, 4) is 0 Å². The Hall–Kier alpha value is -1.88. The molecule has 0 bridgehead atoms. The number of aromatic nitrogens is 1. The molecule has 0 aliphatic carbocycles. The van der Waals surface area contributed by atoms with E-state index in [-0.39, 0.29) is 5.78 Å². The third-order valence-electron chi connectivity index (χ3n) is 2.60. The molecule has 0 amide bonds. The Morgan fingerprint density at radius 1 is 1.21 bits per heavy atom. The van der Waals surface area contributed by atoms with E-state index in [2.05, 4.69) is 20.9 Å². The number of esters is 1. The number of hydrogen-bond acceptors (Lipinski definition) is 3. The summed E-state index contributed by atoms with van der Waals surface area (Å²) in [6, 6.07) is 10.2. The molecule has 19 heavy (non-hydrogen) atoms. The molecule has 0 aliphatic rings. The van der Waals surface area contributed by atoms with Crippen LogP contribution in [0.3, 0.4) is 0 Å². The Balaban J connectivity index is 2.03. The predicted octanol–water partition coefficient (Wildman–Crippen LogP) is 3.21. The number of nitrogens with one attached hydrogen (secondary N) is 1. The molecule has 0 unspecified atom stereocenters. The van der Waals surface area contributed by atoms with Crippen LogP contribution in [0.15, 0.2) is 47.1 Å². The van der Waals surface area contributed by atoms with Crippen LogP contribution in [-0.4, -0.2) is 22.8 Å². The van der Waals surface area contributed by atoms with Crippen LogP contribution < -0.4 is 0 Å². The summed E-state index contributed by atoms with van der Waals surface area (Å²) in [6.45, 7) is 1.56. The molecule has 5 heteroatoms. The van der Waals surface area contributed by atoms with Crippen LogP contribution in [0.25, 0.3) is 0 Å². The van der Waals surface area contributed by atoms with E-state index in [9.17, 15) is 9.59 Å². The SMILES string of the molecule is C[C@H](OC(=O)c1ccc[nH]1)C(=O)c1ccc(Br)cc1. The molecule has 98 valence electrons. The zero-order chi connectivity index (χ0) is 13.8. The molecule has 1 aromatic carbocycles. The third-order valence-corrected chi connectivity index (χ3v) is 3.13. The first-order valence-corrected chi connectivity index (χ1v) is 6.51. The molecule has 0 saturated carbocycles. The van der Waals surface area contributed by atoms with Gasteiger partial charge in [-0.1, -0.05) is 28.1 Å². The van der Waals surface area contributed by atoms with Crippen LogP contribution in [0.2, 0.25) is 0 Å². The van der Waals surface area contributed by atoms with Crippen LogP contribution in [0.5, 0.6) is 0 Å². The molecule has 0 spiro atoms. The first-order chi connectivity index (χ1) is 9.08. The van der Waals surface area contributed by atoms with E-state index < -0.39 is 12.1 Å². The maximum absolute atomic E-state index is 12.1. The highest BCUT2D eigenvalue weighted by atomic mass is 79.9. The Bertz CT molecular complexity index is 575. The molecule has 1 atom stereocenters. The average Bonchev–Trinajstić information content (AvgIpc) is 2.92. The fraction of sp³-hybridized carbons (Fsp3) is 0.143. The number of rotatable bonds is 4. The van der Waals surface area contributed by atoms with E-state index in [0.29, 0.717) is 11.3 Å². The summed E-state index contributed by atoms with van der Waals surface area (Å²) in [6.07, 6.45) is 0.801. The van der Waals surface area contributed by atoms with Crippen molar-refractivity contribution in [2.45, 2.75) is 13.0 Å². The number of benzene rings is 1. The number of hydrogen-bond donors (Lipinski definition) is 1. The van der Waals surface area contributed by atoms with E-state index in [1.165, 1.54) is 0 Å². The first kappa shape index (κ1) is 13.5. The van der Waals surface area contributed by atoms with Gasteiger partial charge in [-0.05, 0) is 31.2 Å². The summed E-state index contributed by atoms with van der Waals surface area (Å²) in [5, 5.41) is 0. The van der Waals surface area contributed by atoms with Gasteiger partial charge in [-0.15, -0.1) is 0 Å². The minimum absolute atomic E-state index is 0.229. The molecule has 1 N–H and O–H groups in total. The molecule has 0 saturated heterocycles. The molecule has 0 radical (unpaired) electrons. The van der Waals surface area contributed by atoms with Crippen molar-refractivity contribution in [3.63, 3.8) is 0 Å². The highest BCUT2D eigenvalue weighted by Crippen LogP contribution is 2.13. The summed E-state index contributed by atoms with van der Waals surface area (Å²) in [7, 11) is 0. The lowest BCUT2D eigenvalue weighted by molar-refractivity contribution is 0.0314. The Labute approximate surface area is 118 Å². The minimum atomic E-state index is -0.822. The Morgan fingerprint density at radius 3 is 2.47 bits per heavy atom. The number of aromatic amines is 1. The number of Topliss-reactive ketones (excluding diaryl/α,β-unsaturated/α-hetero) is 1. The van der Waals surface area contributed by atoms with Crippen molar-refractivity contribution >= 4 is 27.7 Å². The molecule has 1 aromatic heterocycles. The molecular formula is C14H12BrNO3. The average molecular weight is 322 g/mol. The largest absolute Gasteiger partial charge is 0.450 e. The van der Waals surface area contributed by atoms with Crippen LogP contribution in [0.4, 0.5) is 0 Å². The smallest absolute Gasteiger partial charge is 0.355 e. The number of carbonyl (C=O) groups excluding carboxylic acids is 2. The van der Waals surface area contributed by atoms with Crippen molar-refractivity contribution in [1.29, 1.82) is 0 Å². The summed E-state index contributed by atoms with van der Waals surface area (Å²) in [5.74, 6) is -0.768. The fourth-order valence-corrected chi connectivity index (χ4v) is 1.85. The van der Waals surface area contributed by atoms with E-state index in [0.717, 1.165) is 4.47 Å². The summed E-state index contributed by atoms with van der Waals surface area (Å²) in [4.78, 5) is 26.5. The van der Waals surface area contributed by atoms with Crippen LogP contribution in [0, 0.1) is 0 Å². The summed E-state index contributed by atoms with van der Waals surface area (Å²) < 4.78 is 6.00.